The molecule has 1 aromatic heterocycles. The van der Waals surface area contributed by atoms with E-state index < -0.39 is 0 Å². The number of nitrogens with zero attached hydrogens (tertiary/aromatic N) is 2. The summed E-state index contributed by atoms with van der Waals surface area (Å²) in [7, 11) is 2.00. The van der Waals surface area contributed by atoms with Crippen LogP contribution in [0.25, 0.3) is 0 Å². The Kier molecular flexibility index (Phi) is 3.78. The van der Waals surface area contributed by atoms with E-state index in [1.165, 1.54) is 25.0 Å². The van der Waals surface area contributed by atoms with Gasteiger partial charge in [-0.3, -0.25) is 4.68 Å². The van der Waals surface area contributed by atoms with Crippen molar-refractivity contribution in [2.45, 2.75) is 32.2 Å². The molecule has 0 amide bonds. The van der Waals surface area contributed by atoms with Crippen LogP contribution < -0.4 is 5.32 Å². The third kappa shape index (κ3) is 2.73. The van der Waals surface area contributed by atoms with Crippen molar-refractivity contribution in [1.82, 2.24) is 15.1 Å². The van der Waals surface area contributed by atoms with Gasteiger partial charge in [0.05, 0.1) is 5.69 Å². The summed E-state index contributed by atoms with van der Waals surface area (Å²) in [6, 6.07) is 2.47. The van der Waals surface area contributed by atoms with E-state index in [2.05, 4.69) is 35.6 Å². The number of rotatable bonds is 4. The Labute approximate surface area is 97.5 Å². The second-order valence-electron chi connectivity index (χ2n) is 4.66. The van der Waals surface area contributed by atoms with Crippen LogP contribution >= 0.6 is 0 Å². The second kappa shape index (κ2) is 5.30. The summed E-state index contributed by atoms with van der Waals surface area (Å²) in [5, 5.41) is 7.80. The van der Waals surface area contributed by atoms with E-state index in [9.17, 15) is 0 Å². The summed E-state index contributed by atoms with van der Waals surface area (Å²) in [5.74, 6) is 0.806. The first-order chi connectivity index (χ1) is 7.77. The van der Waals surface area contributed by atoms with Crippen LogP contribution in [0.2, 0.25) is 0 Å². The van der Waals surface area contributed by atoms with Crippen molar-refractivity contribution in [3.05, 3.63) is 30.1 Å². The first-order valence-electron chi connectivity index (χ1n) is 6.13. The van der Waals surface area contributed by atoms with Gasteiger partial charge < -0.3 is 5.32 Å². The molecule has 2 rings (SSSR count). The van der Waals surface area contributed by atoms with Gasteiger partial charge in [0, 0.05) is 19.3 Å². The van der Waals surface area contributed by atoms with Gasteiger partial charge in [0.15, 0.2) is 0 Å². The fraction of sp³-hybridized carbons (Fsp3) is 0.615. The molecule has 2 unspecified atom stereocenters. The molecule has 1 N–H and O–H groups in total. The molecule has 0 spiro atoms. The summed E-state index contributed by atoms with van der Waals surface area (Å²) in [6.07, 6.45) is 10.3. The highest BCUT2D eigenvalue weighted by molar-refractivity contribution is 5.05. The van der Waals surface area contributed by atoms with Gasteiger partial charge in [-0.05, 0) is 44.7 Å². The molecule has 0 saturated heterocycles. The first kappa shape index (κ1) is 11.4. The van der Waals surface area contributed by atoms with Crippen LogP contribution in [0.1, 0.15) is 37.9 Å². The Morgan fingerprint density at radius 3 is 3.06 bits per heavy atom. The van der Waals surface area contributed by atoms with Crippen molar-refractivity contribution in [3.63, 3.8) is 0 Å². The van der Waals surface area contributed by atoms with Gasteiger partial charge in [0.25, 0.3) is 0 Å². The van der Waals surface area contributed by atoms with Crippen molar-refractivity contribution in [3.8, 4) is 0 Å². The van der Waals surface area contributed by atoms with Crippen LogP contribution in [0.3, 0.4) is 0 Å². The molecule has 0 radical (unpaired) electrons. The molecule has 0 fully saturated rings. The maximum atomic E-state index is 4.20. The maximum Gasteiger partial charge on any atom is 0.0547 e. The molecule has 0 bridgehead atoms. The summed E-state index contributed by atoms with van der Waals surface area (Å²) in [4.78, 5) is 0. The largest absolute Gasteiger partial charge is 0.309 e. The van der Waals surface area contributed by atoms with Crippen LogP contribution in [0.15, 0.2) is 24.4 Å². The minimum atomic E-state index is 0.387. The molecule has 0 aliphatic heterocycles. The Morgan fingerprint density at radius 1 is 1.56 bits per heavy atom. The van der Waals surface area contributed by atoms with Gasteiger partial charge in [0.1, 0.15) is 0 Å². The molecule has 3 nitrogen and oxygen atoms in total. The lowest BCUT2D eigenvalue weighted by molar-refractivity contribution is 0.407. The van der Waals surface area contributed by atoms with Crippen molar-refractivity contribution in [2.75, 3.05) is 6.54 Å². The number of aryl methyl sites for hydroxylation is 1. The summed E-state index contributed by atoms with van der Waals surface area (Å²) >= 11 is 0. The van der Waals surface area contributed by atoms with Crippen LogP contribution in [0.5, 0.6) is 0 Å². The minimum Gasteiger partial charge on any atom is -0.309 e. The van der Waals surface area contributed by atoms with Gasteiger partial charge >= 0.3 is 0 Å². The monoisotopic (exact) mass is 219 g/mol. The third-order valence-electron chi connectivity index (χ3n) is 3.39. The highest BCUT2D eigenvalue weighted by Crippen LogP contribution is 2.18. The van der Waals surface area contributed by atoms with Gasteiger partial charge in [-0.25, -0.2) is 0 Å². The smallest absolute Gasteiger partial charge is 0.0547 e. The molecule has 0 saturated carbocycles. The lowest BCUT2D eigenvalue weighted by Gasteiger charge is -2.21. The molecular weight excluding hydrogens is 198 g/mol. The Morgan fingerprint density at radius 2 is 2.44 bits per heavy atom. The van der Waals surface area contributed by atoms with Crippen LogP contribution in [0.4, 0.5) is 0 Å². The third-order valence-corrected chi connectivity index (χ3v) is 3.39. The van der Waals surface area contributed by atoms with E-state index in [1.807, 2.05) is 17.9 Å². The fourth-order valence-electron chi connectivity index (χ4n) is 2.30. The summed E-state index contributed by atoms with van der Waals surface area (Å²) in [6.45, 7) is 3.31. The summed E-state index contributed by atoms with van der Waals surface area (Å²) < 4.78 is 1.94. The quantitative estimate of drug-likeness (QED) is 0.788. The zero-order chi connectivity index (χ0) is 11.4. The number of nitrogens with one attached hydrogen (secondary N) is 1. The van der Waals surface area contributed by atoms with Crippen LogP contribution in [-0.4, -0.2) is 16.3 Å². The van der Waals surface area contributed by atoms with Crippen molar-refractivity contribution in [2.24, 2.45) is 13.0 Å². The topological polar surface area (TPSA) is 29.9 Å². The molecule has 88 valence electrons. The van der Waals surface area contributed by atoms with E-state index in [0.29, 0.717) is 6.04 Å². The molecule has 3 heteroatoms. The van der Waals surface area contributed by atoms with Crippen molar-refractivity contribution >= 4 is 0 Å². The Hall–Kier alpha value is -1.09. The SMILES string of the molecule is CC(NCC1CC=CCC1)c1ccnn1C. The molecule has 1 aliphatic rings. The zero-order valence-electron chi connectivity index (χ0n) is 10.2. The predicted molar refractivity (Wildman–Crippen MR) is 66.1 cm³/mol. The molecule has 1 aliphatic carbocycles. The van der Waals surface area contributed by atoms with Gasteiger partial charge in [-0.15, -0.1) is 0 Å². The van der Waals surface area contributed by atoms with E-state index in [4.69, 9.17) is 0 Å². The van der Waals surface area contributed by atoms with Gasteiger partial charge in [0.2, 0.25) is 0 Å². The van der Waals surface area contributed by atoms with E-state index in [0.717, 1.165) is 12.5 Å². The maximum absolute atomic E-state index is 4.20. The zero-order valence-corrected chi connectivity index (χ0v) is 10.2. The lowest BCUT2D eigenvalue weighted by Crippen LogP contribution is -2.27. The van der Waals surface area contributed by atoms with Gasteiger partial charge in [-0.1, -0.05) is 12.2 Å². The van der Waals surface area contributed by atoms with Crippen molar-refractivity contribution in [1.29, 1.82) is 0 Å². The standard InChI is InChI=1S/C13H21N3/c1-11(13-8-9-15-16(13)2)14-10-12-6-4-3-5-7-12/h3-4,8-9,11-12,14H,5-7,10H2,1-2H3. The predicted octanol–water partition coefficient (Wildman–Crippen LogP) is 2.43. The van der Waals surface area contributed by atoms with E-state index >= 15 is 0 Å². The Bertz CT molecular complexity index is 354. The molecule has 16 heavy (non-hydrogen) atoms. The minimum absolute atomic E-state index is 0.387. The highest BCUT2D eigenvalue weighted by Gasteiger charge is 2.13. The first-order valence-corrected chi connectivity index (χ1v) is 6.13. The van der Waals surface area contributed by atoms with Crippen molar-refractivity contribution < 1.29 is 0 Å². The molecule has 1 heterocycles. The molecule has 2 atom stereocenters. The highest BCUT2D eigenvalue weighted by atomic mass is 15.3. The van der Waals surface area contributed by atoms with Crippen LogP contribution in [-0.2, 0) is 7.05 Å². The number of allylic oxidation sites excluding steroid dienone is 2. The van der Waals surface area contributed by atoms with Crippen LogP contribution in [0, 0.1) is 5.92 Å². The normalized spacial score (nSPS) is 22.2. The number of hydrogen-bond donors (Lipinski definition) is 1. The van der Waals surface area contributed by atoms with Gasteiger partial charge in [-0.2, -0.15) is 5.10 Å². The Balaban J connectivity index is 1.81. The lowest BCUT2D eigenvalue weighted by atomic mass is 9.94. The average molecular weight is 219 g/mol. The molecular formula is C13H21N3. The fourth-order valence-corrected chi connectivity index (χ4v) is 2.30. The summed E-state index contributed by atoms with van der Waals surface area (Å²) in [5.41, 5.74) is 1.26. The average Bonchev–Trinajstić information content (AvgIpc) is 2.74. The number of aromatic nitrogens is 2. The molecule has 1 aromatic rings. The molecule has 0 aromatic carbocycles. The van der Waals surface area contributed by atoms with E-state index in [1.54, 1.807) is 0 Å². The van der Waals surface area contributed by atoms with E-state index in [-0.39, 0.29) is 0 Å². The number of hydrogen-bond acceptors (Lipinski definition) is 2. The second-order valence-corrected chi connectivity index (χ2v) is 4.66.